The Kier molecular flexibility index (Phi) is 3.20. The van der Waals surface area contributed by atoms with Crippen LogP contribution >= 0.6 is 27.3 Å². The van der Waals surface area contributed by atoms with Crippen molar-refractivity contribution in [1.29, 1.82) is 5.41 Å². The van der Waals surface area contributed by atoms with Gasteiger partial charge in [-0.3, -0.25) is 5.41 Å². The quantitative estimate of drug-likeness (QED) is 0.630. The van der Waals surface area contributed by atoms with Gasteiger partial charge in [0.2, 0.25) is 0 Å². The molecule has 2 heterocycles. The van der Waals surface area contributed by atoms with E-state index in [1.807, 2.05) is 12.1 Å². The van der Waals surface area contributed by atoms with E-state index in [2.05, 4.69) is 20.8 Å². The maximum Gasteiger partial charge on any atom is 0.138 e. The Morgan fingerprint density at radius 2 is 2.14 bits per heavy atom. The third-order valence-corrected chi connectivity index (χ3v) is 3.76. The van der Waals surface area contributed by atoms with E-state index in [0.717, 1.165) is 35.0 Å². The Balaban J connectivity index is 2.07. The van der Waals surface area contributed by atoms with Crippen LogP contribution in [-0.4, -0.2) is 37.0 Å². The van der Waals surface area contributed by atoms with Crippen LogP contribution < -0.4 is 0 Å². The fourth-order valence-corrected chi connectivity index (χ4v) is 2.75. The van der Waals surface area contributed by atoms with E-state index in [4.69, 9.17) is 10.1 Å². The van der Waals surface area contributed by atoms with Crippen molar-refractivity contribution in [3.63, 3.8) is 0 Å². The van der Waals surface area contributed by atoms with Gasteiger partial charge < -0.3 is 9.64 Å². The number of hydrogen-bond donors (Lipinski definition) is 1. The molecule has 1 aromatic heterocycles. The summed E-state index contributed by atoms with van der Waals surface area (Å²) in [7, 11) is 0. The molecule has 0 atom stereocenters. The molecule has 1 saturated heterocycles. The molecule has 0 aliphatic carbocycles. The van der Waals surface area contributed by atoms with Gasteiger partial charge in [-0.25, -0.2) is 0 Å². The van der Waals surface area contributed by atoms with Gasteiger partial charge in [-0.05, 0) is 28.1 Å². The number of halogens is 1. The van der Waals surface area contributed by atoms with Crippen LogP contribution in [0.1, 0.15) is 4.88 Å². The van der Waals surface area contributed by atoms with Gasteiger partial charge in [0.05, 0.1) is 21.9 Å². The molecule has 0 unspecified atom stereocenters. The maximum absolute atomic E-state index is 8.00. The summed E-state index contributed by atoms with van der Waals surface area (Å²) in [6, 6.07) is 3.96. The Hall–Kier alpha value is -0.390. The Morgan fingerprint density at radius 1 is 1.43 bits per heavy atom. The van der Waals surface area contributed by atoms with E-state index < -0.39 is 0 Å². The molecule has 76 valence electrons. The van der Waals surface area contributed by atoms with E-state index in [1.165, 1.54) is 0 Å². The van der Waals surface area contributed by atoms with Crippen LogP contribution in [0.3, 0.4) is 0 Å². The summed E-state index contributed by atoms with van der Waals surface area (Å²) < 4.78 is 6.32. The fourth-order valence-electron chi connectivity index (χ4n) is 1.38. The molecule has 1 aromatic rings. The number of morpholine rings is 1. The molecule has 0 amide bonds. The summed E-state index contributed by atoms with van der Waals surface area (Å²) in [6.45, 7) is 3.12. The lowest BCUT2D eigenvalue weighted by Crippen LogP contribution is -2.40. The minimum Gasteiger partial charge on any atom is -0.378 e. The average molecular weight is 275 g/mol. The van der Waals surface area contributed by atoms with E-state index in [9.17, 15) is 0 Å². The van der Waals surface area contributed by atoms with Crippen LogP contribution in [0.2, 0.25) is 0 Å². The Bertz CT molecular complexity index is 333. The van der Waals surface area contributed by atoms with Crippen LogP contribution in [0.4, 0.5) is 0 Å². The number of nitrogens with one attached hydrogen (secondary N) is 1. The number of rotatable bonds is 1. The summed E-state index contributed by atoms with van der Waals surface area (Å²) in [4.78, 5) is 3.07. The van der Waals surface area contributed by atoms with Gasteiger partial charge in [0.1, 0.15) is 5.84 Å². The predicted molar refractivity (Wildman–Crippen MR) is 61.2 cm³/mol. The van der Waals surface area contributed by atoms with Gasteiger partial charge >= 0.3 is 0 Å². The highest BCUT2D eigenvalue weighted by Gasteiger charge is 2.16. The first kappa shape index (κ1) is 10.1. The van der Waals surface area contributed by atoms with Gasteiger partial charge in [-0.1, -0.05) is 0 Å². The van der Waals surface area contributed by atoms with Crippen molar-refractivity contribution in [1.82, 2.24) is 4.90 Å². The van der Waals surface area contributed by atoms with Gasteiger partial charge in [0.15, 0.2) is 0 Å². The minimum absolute atomic E-state index is 0.615. The second-order valence-corrected chi connectivity index (χ2v) is 5.51. The fraction of sp³-hybridized carbons (Fsp3) is 0.444. The molecule has 0 bridgehead atoms. The topological polar surface area (TPSA) is 36.3 Å². The zero-order chi connectivity index (χ0) is 9.97. The first-order valence-electron chi connectivity index (χ1n) is 4.44. The zero-order valence-corrected chi connectivity index (χ0v) is 10.0. The van der Waals surface area contributed by atoms with E-state index in [-0.39, 0.29) is 0 Å². The van der Waals surface area contributed by atoms with Crippen molar-refractivity contribution in [3.05, 3.63) is 20.8 Å². The predicted octanol–water partition coefficient (Wildman–Crippen LogP) is 2.17. The molecule has 0 saturated carbocycles. The lowest BCUT2D eigenvalue weighted by Gasteiger charge is -2.28. The monoisotopic (exact) mass is 274 g/mol. The van der Waals surface area contributed by atoms with Crippen molar-refractivity contribution in [2.24, 2.45) is 0 Å². The summed E-state index contributed by atoms with van der Waals surface area (Å²) in [5.41, 5.74) is 0. The van der Waals surface area contributed by atoms with Gasteiger partial charge in [0.25, 0.3) is 0 Å². The highest BCUT2D eigenvalue weighted by molar-refractivity contribution is 9.11. The molecule has 1 fully saturated rings. The van der Waals surface area contributed by atoms with Crippen molar-refractivity contribution in [2.75, 3.05) is 26.3 Å². The molecule has 0 aromatic carbocycles. The Labute approximate surface area is 95.3 Å². The van der Waals surface area contributed by atoms with Crippen molar-refractivity contribution >= 4 is 33.1 Å². The van der Waals surface area contributed by atoms with Gasteiger partial charge in [0, 0.05) is 13.1 Å². The summed E-state index contributed by atoms with van der Waals surface area (Å²) in [5, 5.41) is 8.00. The molecule has 2 rings (SSSR count). The number of hydrogen-bond acceptors (Lipinski definition) is 3. The molecule has 14 heavy (non-hydrogen) atoms. The van der Waals surface area contributed by atoms with Gasteiger partial charge in [-0.15, -0.1) is 11.3 Å². The maximum atomic E-state index is 8.00. The highest BCUT2D eigenvalue weighted by Crippen LogP contribution is 2.23. The number of ether oxygens (including phenoxy) is 1. The lowest BCUT2D eigenvalue weighted by molar-refractivity contribution is 0.0680. The Morgan fingerprint density at radius 3 is 2.71 bits per heavy atom. The number of thiophene rings is 1. The second-order valence-electron chi connectivity index (χ2n) is 3.05. The normalized spacial score (nSPS) is 17.1. The van der Waals surface area contributed by atoms with Crippen LogP contribution in [0.15, 0.2) is 15.9 Å². The van der Waals surface area contributed by atoms with Crippen LogP contribution in [0.25, 0.3) is 0 Å². The average Bonchev–Trinajstić information content (AvgIpc) is 2.65. The molecule has 5 heteroatoms. The largest absolute Gasteiger partial charge is 0.378 e. The third-order valence-electron chi connectivity index (χ3n) is 2.13. The smallest absolute Gasteiger partial charge is 0.138 e. The van der Waals surface area contributed by atoms with Crippen LogP contribution in [-0.2, 0) is 4.74 Å². The SMILES string of the molecule is N=C(c1ccc(Br)s1)N1CCOCC1. The molecular formula is C9H11BrN2OS. The lowest BCUT2D eigenvalue weighted by atomic mass is 10.3. The third kappa shape index (κ3) is 2.16. The number of nitrogens with zero attached hydrogens (tertiary/aromatic N) is 1. The second kappa shape index (κ2) is 4.42. The van der Waals surface area contributed by atoms with Crippen LogP contribution in [0.5, 0.6) is 0 Å². The zero-order valence-electron chi connectivity index (χ0n) is 7.62. The molecule has 1 N–H and O–H groups in total. The van der Waals surface area contributed by atoms with Crippen molar-refractivity contribution in [3.8, 4) is 0 Å². The van der Waals surface area contributed by atoms with E-state index in [0.29, 0.717) is 5.84 Å². The summed E-state index contributed by atoms with van der Waals surface area (Å²) in [5.74, 6) is 0.615. The standard InChI is InChI=1S/C9H11BrN2OS/c10-8-2-1-7(14-8)9(11)12-3-5-13-6-4-12/h1-2,11H,3-6H2. The molecule has 1 aliphatic rings. The first-order valence-corrected chi connectivity index (χ1v) is 6.05. The van der Waals surface area contributed by atoms with Crippen molar-refractivity contribution in [2.45, 2.75) is 0 Å². The molecule has 0 radical (unpaired) electrons. The molecular weight excluding hydrogens is 264 g/mol. The molecule has 3 nitrogen and oxygen atoms in total. The summed E-state index contributed by atoms with van der Waals surface area (Å²) >= 11 is 5.00. The molecule has 1 aliphatic heterocycles. The van der Waals surface area contributed by atoms with Crippen molar-refractivity contribution < 1.29 is 4.74 Å². The van der Waals surface area contributed by atoms with Gasteiger partial charge in [-0.2, -0.15) is 0 Å². The minimum atomic E-state index is 0.615. The molecule has 0 spiro atoms. The van der Waals surface area contributed by atoms with E-state index in [1.54, 1.807) is 11.3 Å². The summed E-state index contributed by atoms with van der Waals surface area (Å²) in [6.07, 6.45) is 0. The van der Waals surface area contributed by atoms with E-state index >= 15 is 0 Å². The highest BCUT2D eigenvalue weighted by atomic mass is 79.9. The van der Waals surface area contributed by atoms with Crippen LogP contribution in [0, 0.1) is 5.41 Å². The number of amidine groups is 1. The first-order chi connectivity index (χ1) is 6.77.